The van der Waals surface area contributed by atoms with Gasteiger partial charge >= 0.3 is 11.9 Å². The molecule has 25 heavy (non-hydrogen) atoms. The summed E-state index contributed by atoms with van der Waals surface area (Å²) >= 11 is 6.17. The molecule has 1 aliphatic rings. The second-order valence-corrected chi connectivity index (χ2v) is 5.89. The number of aliphatic carboxylic acids is 1. The molecular weight excluding hydrogens is 350 g/mol. The highest BCUT2D eigenvalue weighted by Crippen LogP contribution is 2.29. The van der Waals surface area contributed by atoms with Crippen LogP contribution in [0.15, 0.2) is 35.3 Å². The zero-order valence-electron chi connectivity index (χ0n) is 13.2. The van der Waals surface area contributed by atoms with Crippen LogP contribution >= 0.6 is 11.6 Å². The molecule has 2 heterocycles. The SMILES string of the molecule is COC(=O)c1ccccc1-n1ncc(N2CC(C(=O)O)C2)c(Cl)c1=O. The number of nitrogens with zero attached hydrogens (tertiary/aromatic N) is 3. The molecule has 130 valence electrons. The molecule has 1 saturated heterocycles. The van der Waals surface area contributed by atoms with E-state index < -0.39 is 23.4 Å². The maximum Gasteiger partial charge on any atom is 0.340 e. The van der Waals surface area contributed by atoms with Crippen LogP contribution in [0.4, 0.5) is 5.69 Å². The van der Waals surface area contributed by atoms with Crippen molar-refractivity contribution in [2.45, 2.75) is 0 Å². The van der Waals surface area contributed by atoms with E-state index in [-0.39, 0.29) is 29.4 Å². The molecule has 0 atom stereocenters. The molecule has 1 aromatic heterocycles. The number of benzene rings is 1. The predicted octanol–water partition coefficient (Wildman–Crippen LogP) is 1.19. The van der Waals surface area contributed by atoms with E-state index in [1.54, 1.807) is 23.1 Å². The van der Waals surface area contributed by atoms with Crippen LogP contribution in [-0.4, -0.2) is 47.0 Å². The van der Waals surface area contributed by atoms with E-state index in [0.717, 1.165) is 4.68 Å². The van der Waals surface area contributed by atoms with Crippen molar-refractivity contribution in [1.29, 1.82) is 0 Å². The Labute approximate surface area is 147 Å². The Balaban J connectivity index is 1.99. The number of carbonyl (C=O) groups is 2. The Morgan fingerprint density at radius 3 is 2.60 bits per heavy atom. The number of carboxylic acids is 1. The van der Waals surface area contributed by atoms with Gasteiger partial charge in [-0.25, -0.2) is 4.79 Å². The predicted molar refractivity (Wildman–Crippen MR) is 89.5 cm³/mol. The van der Waals surface area contributed by atoms with Crippen LogP contribution in [0.1, 0.15) is 10.4 Å². The minimum Gasteiger partial charge on any atom is -0.481 e. The molecule has 0 amide bonds. The van der Waals surface area contributed by atoms with Gasteiger partial charge in [-0.05, 0) is 12.1 Å². The minimum absolute atomic E-state index is 0.0847. The van der Waals surface area contributed by atoms with Gasteiger partial charge in [0.1, 0.15) is 5.02 Å². The first kappa shape index (κ1) is 17.0. The Morgan fingerprint density at radius 1 is 1.28 bits per heavy atom. The van der Waals surface area contributed by atoms with E-state index in [9.17, 15) is 14.4 Å². The second kappa shape index (κ2) is 6.56. The van der Waals surface area contributed by atoms with Crippen LogP contribution in [0, 0.1) is 5.92 Å². The number of carboxylic acid groups (broad SMARTS) is 1. The fourth-order valence-electron chi connectivity index (χ4n) is 2.59. The quantitative estimate of drug-likeness (QED) is 0.814. The lowest BCUT2D eigenvalue weighted by Gasteiger charge is -2.38. The van der Waals surface area contributed by atoms with Crippen LogP contribution in [0.25, 0.3) is 5.69 Å². The summed E-state index contributed by atoms with van der Waals surface area (Å²) in [6.07, 6.45) is 1.38. The molecular formula is C16H14ClN3O5. The normalized spacial score (nSPS) is 14.1. The summed E-state index contributed by atoms with van der Waals surface area (Å²) in [5, 5.41) is 12.9. The summed E-state index contributed by atoms with van der Waals surface area (Å²) in [6, 6.07) is 6.37. The molecule has 1 aliphatic heterocycles. The number of hydrogen-bond donors (Lipinski definition) is 1. The van der Waals surface area contributed by atoms with Crippen molar-refractivity contribution < 1.29 is 19.4 Å². The first-order chi connectivity index (χ1) is 11.9. The molecule has 0 radical (unpaired) electrons. The van der Waals surface area contributed by atoms with E-state index in [2.05, 4.69) is 5.10 Å². The van der Waals surface area contributed by atoms with Gasteiger partial charge in [-0.2, -0.15) is 9.78 Å². The summed E-state index contributed by atoms with van der Waals surface area (Å²) in [5.41, 5.74) is 0.198. The van der Waals surface area contributed by atoms with E-state index in [0.29, 0.717) is 5.69 Å². The molecule has 0 bridgehead atoms. The lowest BCUT2D eigenvalue weighted by atomic mass is 10.0. The van der Waals surface area contributed by atoms with Gasteiger partial charge in [0.15, 0.2) is 0 Å². The average molecular weight is 364 g/mol. The lowest BCUT2D eigenvalue weighted by Crippen LogP contribution is -2.51. The topological polar surface area (TPSA) is 102 Å². The molecule has 0 spiro atoms. The van der Waals surface area contributed by atoms with Crippen LogP contribution in [0.2, 0.25) is 5.02 Å². The maximum atomic E-state index is 12.6. The van der Waals surface area contributed by atoms with E-state index in [1.165, 1.54) is 19.4 Å². The summed E-state index contributed by atoms with van der Waals surface area (Å²) in [6.45, 7) is 0.526. The summed E-state index contributed by atoms with van der Waals surface area (Å²) in [5.74, 6) is -1.98. The summed E-state index contributed by atoms with van der Waals surface area (Å²) in [7, 11) is 1.24. The van der Waals surface area contributed by atoms with Crippen LogP contribution in [0.3, 0.4) is 0 Å². The lowest BCUT2D eigenvalue weighted by molar-refractivity contribution is -0.142. The van der Waals surface area contributed by atoms with Crippen molar-refractivity contribution in [2.75, 3.05) is 25.1 Å². The fourth-order valence-corrected chi connectivity index (χ4v) is 2.84. The van der Waals surface area contributed by atoms with Gasteiger partial charge in [-0.3, -0.25) is 9.59 Å². The van der Waals surface area contributed by atoms with Gasteiger partial charge < -0.3 is 14.7 Å². The first-order valence-corrected chi connectivity index (χ1v) is 7.75. The molecule has 1 aromatic carbocycles. The molecule has 1 fully saturated rings. The standard InChI is InChI=1S/C16H14ClN3O5/c1-25-16(24)10-4-2-3-5-11(10)20-14(21)13(17)12(6-18-20)19-7-9(8-19)15(22)23/h2-6,9H,7-8H2,1H3,(H,22,23). The number of halogens is 1. The highest BCUT2D eigenvalue weighted by atomic mass is 35.5. The monoisotopic (exact) mass is 363 g/mol. The van der Waals surface area contributed by atoms with E-state index >= 15 is 0 Å². The molecule has 0 aliphatic carbocycles. The van der Waals surface area contributed by atoms with Gasteiger partial charge in [0.25, 0.3) is 5.56 Å². The molecule has 0 unspecified atom stereocenters. The highest BCUT2D eigenvalue weighted by molar-refractivity contribution is 6.33. The molecule has 0 saturated carbocycles. The van der Waals surface area contributed by atoms with Gasteiger partial charge in [0.2, 0.25) is 0 Å². The summed E-state index contributed by atoms with van der Waals surface area (Å²) < 4.78 is 5.73. The third-order valence-electron chi connectivity index (χ3n) is 4.01. The number of hydrogen-bond acceptors (Lipinski definition) is 6. The average Bonchev–Trinajstić information content (AvgIpc) is 2.56. The number of para-hydroxylation sites is 1. The molecule has 9 heteroatoms. The Bertz CT molecular complexity index is 905. The third-order valence-corrected chi connectivity index (χ3v) is 4.36. The number of aromatic nitrogens is 2. The zero-order valence-corrected chi connectivity index (χ0v) is 13.9. The highest BCUT2D eigenvalue weighted by Gasteiger charge is 2.34. The van der Waals surface area contributed by atoms with Crippen LogP contribution in [-0.2, 0) is 9.53 Å². The van der Waals surface area contributed by atoms with Crippen molar-refractivity contribution in [3.05, 3.63) is 51.4 Å². The van der Waals surface area contributed by atoms with Gasteiger partial charge in [-0.15, -0.1) is 0 Å². The number of ether oxygens (including phenoxy) is 1. The summed E-state index contributed by atoms with van der Waals surface area (Å²) in [4.78, 5) is 37.0. The fraction of sp³-hybridized carbons (Fsp3) is 0.250. The number of rotatable bonds is 4. The number of methoxy groups -OCH3 is 1. The maximum absolute atomic E-state index is 12.6. The number of anilines is 1. The Hall–Kier alpha value is -2.87. The van der Waals surface area contributed by atoms with Gasteiger partial charge in [0, 0.05) is 13.1 Å². The van der Waals surface area contributed by atoms with Crippen molar-refractivity contribution in [3.8, 4) is 5.69 Å². The molecule has 1 N–H and O–H groups in total. The first-order valence-electron chi connectivity index (χ1n) is 7.37. The minimum atomic E-state index is -0.888. The zero-order chi connectivity index (χ0) is 18.1. The number of carbonyl (C=O) groups excluding carboxylic acids is 1. The number of esters is 1. The third kappa shape index (κ3) is 2.96. The van der Waals surface area contributed by atoms with Crippen LogP contribution in [0.5, 0.6) is 0 Å². The van der Waals surface area contributed by atoms with Crippen molar-refractivity contribution in [2.24, 2.45) is 5.92 Å². The molecule has 3 rings (SSSR count). The smallest absolute Gasteiger partial charge is 0.340 e. The van der Waals surface area contributed by atoms with E-state index in [4.69, 9.17) is 21.4 Å². The van der Waals surface area contributed by atoms with Crippen molar-refractivity contribution in [1.82, 2.24) is 9.78 Å². The largest absolute Gasteiger partial charge is 0.481 e. The second-order valence-electron chi connectivity index (χ2n) is 5.51. The van der Waals surface area contributed by atoms with Gasteiger partial charge in [0.05, 0.1) is 36.2 Å². The Kier molecular flexibility index (Phi) is 4.45. The van der Waals surface area contributed by atoms with Gasteiger partial charge in [-0.1, -0.05) is 23.7 Å². The molecule has 8 nitrogen and oxygen atoms in total. The Morgan fingerprint density at radius 2 is 1.96 bits per heavy atom. The van der Waals surface area contributed by atoms with Crippen molar-refractivity contribution >= 4 is 29.2 Å². The van der Waals surface area contributed by atoms with Crippen molar-refractivity contribution in [3.63, 3.8) is 0 Å². The molecule has 2 aromatic rings. The van der Waals surface area contributed by atoms with E-state index in [1.807, 2.05) is 0 Å². The van der Waals surface area contributed by atoms with Crippen LogP contribution < -0.4 is 10.5 Å².